The number of ether oxygens (including phenoxy) is 2. The molecular weight excluding hydrogens is 382 g/mol. The summed E-state index contributed by atoms with van der Waals surface area (Å²) in [5.74, 6) is 1.41. The normalized spacial score (nSPS) is 11.3. The van der Waals surface area contributed by atoms with Gasteiger partial charge in [-0.05, 0) is 69.5 Å². The minimum atomic E-state index is 0.0663. The first kappa shape index (κ1) is 20.9. The molecule has 0 fully saturated rings. The third-order valence-corrected chi connectivity index (χ3v) is 5.11. The van der Waals surface area contributed by atoms with Gasteiger partial charge in [0.25, 0.3) is 0 Å². The number of aryl methyl sites for hydroxylation is 3. The largest absolute Gasteiger partial charge is 0.493 e. The molecule has 5 nitrogen and oxygen atoms in total. The van der Waals surface area contributed by atoms with Crippen molar-refractivity contribution in [1.29, 1.82) is 0 Å². The summed E-state index contributed by atoms with van der Waals surface area (Å²) in [6.45, 7) is 10.3. The molecule has 0 aliphatic heterocycles. The second-order valence-electron chi connectivity index (χ2n) is 7.26. The molecule has 1 N–H and O–H groups in total. The summed E-state index contributed by atoms with van der Waals surface area (Å²) in [6.07, 6.45) is 1.81. The summed E-state index contributed by atoms with van der Waals surface area (Å²) in [5.41, 5.74) is 9.84. The van der Waals surface area contributed by atoms with Crippen molar-refractivity contribution in [3.8, 4) is 22.8 Å². The summed E-state index contributed by atoms with van der Waals surface area (Å²) >= 11 is 1.54. The van der Waals surface area contributed by atoms with Gasteiger partial charge in [0.1, 0.15) is 0 Å². The quantitative estimate of drug-likeness (QED) is 0.385. The van der Waals surface area contributed by atoms with E-state index in [1.807, 2.05) is 32.0 Å². The van der Waals surface area contributed by atoms with Gasteiger partial charge in [0.2, 0.25) is 5.13 Å². The number of hydrazone groups is 1. The lowest BCUT2D eigenvalue weighted by Gasteiger charge is -2.13. The third kappa shape index (κ3) is 5.15. The third-order valence-electron chi connectivity index (χ3n) is 4.36. The Morgan fingerprint density at radius 3 is 2.45 bits per heavy atom. The fourth-order valence-corrected chi connectivity index (χ4v) is 3.96. The molecule has 0 amide bonds. The van der Waals surface area contributed by atoms with Gasteiger partial charge in [-0.1, -0.05) is 17.7 Å². The van der Waals surface area contributed by atoms with Crippen LogP contribution in [-0.2, 0) is 0 Å². The summed E-state index contributed by atoms with van der Waals surface area (Å²) in [4.78, 5) is 4.70. The van der Waals surface area contributed by atoms with Crippen molar-refractivity contribution in [2.75, 3.05) is 12.5 Å². The number of benzene rings is 2. The Balaban J connectivity index is 1.74. The van der Waals surface area contributed by atoms with Crippen LogP contribution < -0.4 is 14.9 Å². The van der Waals surface area contributed by atoms with Gasteiger partial charge in [0, 0.05) is 10.9 Å². The molecule has 3 rings (SSSR count). The standard InChI is InChI=1S/C23H27N3O2S/c1-14(2)28-21-11-18(7-8-20(21)27-6)12-24-26-23-25-19(13-29-23)22-16(4)9-15(3)10-17(22)5/h7-14H,1-6H3,(H,25,26)/b24-12-. The number of hydrogen-bond acceptors (Lipinski definition) is 6. The number of methoxy groups -OCH3 is 1. The molecule has 0 aliphatic carbocycles. The van der Waals surface area contributed by atoms with Crippen LogP contribution in [-0.4, -0.2) is 24.4 Å². The van der Waals surface area contributed by atoms with Crippen molar-refractivity contribution in [3.63, 3.8) is 0 Å². The molecule has 6 heteroatoms. The van der Waals surface area contributed by atoms with Gasteiger partial charge >= 0.3 is 0 Å². The maximum atomic E-state index is 5.81. The zero-order chi connectivity index (χ0) is 21.0. The topological polar surface area (TPSA) is 55.7 Å². The molecule has 0 saturated carbocycles. The molecule has 0 aliphatic rings. The lowest BCUT2D eigenvalue weighted by Crippen LogP contribution is -2.07. The first-order valence-electron chi connectivity index (χ1n) is 9.55. The van der Waals surface area contributed by atoms with Gasteiger partial charge in [-0.2, -0.15) is 5.10 Å². The van der Waals surface area contributed by atoms with Crippen LogP contribution in [0.3, 0.4) is 0 Å². The summed E-state index contributed by atoms with van der Waals surface area (Å²) in [5, 5.41) is 7.14. The van der Waals surface area contributed by atoms with E-state index in [1.165, 1.54) is 33.6 Å². The van der Waals surface area contributed by atoms with E-state index in [-0.39, 0.29) is 6.10 Å². The van der Waals surface area contributed by atoms with Gasteiger partial charge in [-0.15, -0.1) is 11.3 Å². The molecular formula is C23H27N3O2S. The Kier molecular flexibility index (Phi) is 6.54. The molecule has 3 aromatic rings. The van der Waals surface area contributed by atoms with Crippen molar-refractivity contribution in [2.24, 2.45) is 5.10 Å². The highest BCUT2D eigenvalue weighted by molar-refractivity contribution is 7.14. The summed E-state index contributed by atoms with van der Waals surface area (Å²) < 4.78 is 11.2. The highest BCUT2D eigenvalue weighted by Crippen LogP contribution is 2.31. The van der Waals surface area contributed by atoms with Crippen LogP contribution in [0.2, 0.25) is 0 Å². The molecule has 0 radical (unpaired) electrons. The van der Waals surface area contributed by atoms with Crippen molar-refractivity contribution < 1.29 is 9.47 Å². The predicted octanol–water partition coefficient (Wildman–Crippen LogP) is 5.98. The van der Waals surface area contributed by atoms with Crippen molar-refractivity contribution in [1.82, 2.24) is 4.98 Å². The van der Waals surface area contributed by atoms with Gasteiger partial charge < -0.3 is 9.47 Å². The Morgan fingerprint density at radius 1 is 1.07 bits per heavy atom. The minimum absolute atomic E-state index is 0.0663. The van der Waals surface area contributed by atoms with Gasteiger partial charge in [0.15, 0.2) is 11.5 Å². The lowest BCUT2D eigenvalue weighted by molar-refractivity contribution is 0.230. The number of nitrogens with one attached hydrogen (secondary N) is 1. The zero-order valence-electron chi connectivity index (χ0n) is 17.7. The average Bonchev–Trinajstić information content (AvgIpc) is 3.09. The molecule has 1 heterocycles. The van der Waals surface area contributed by atoms with Crippen molar-refractivity contribution in [2.45, 2.75) is 40.7 Å². The molecule has 1 aromatic heterocycles. The number of aromatic nitrogens is 1. The van der Waals surface area contributed by atoms with Crippen LogP contribution in [0, 0.1) is 20.8 Å². The maximum absolute atomic E-state index is 5.81. The first-order valence-corrected chi connectivity index (χ1v) is 10.4. The number of anilines is 1. The van der Waals surface area contributed by atoms with Crippen LogP contribution in [0.1, 0.15) is 36.1 Å². The molecule has 0 spiro atoms. The number of rotatable bonds is 7. The van der Waals surface area contributed by atoms with Crippen LogP contribution in [0.15, 0.2) is 40.8 Å². The maximum Gasteiger partial charge on any atom is 0.203 e. The smallest absolute Gasteiger partial charge is 0.203 e. The zero-order valence-corrected chi connectivity index (χ0v) is 18.6. The van der Waals surface area contributed by atoms with Crippen LogP contribution >= 0.6 is 11.3 Å². The van der Waals surface area contributed by atoms with E-state index < -0.39 is 0 Å². The monoisotopic (exact) mass is 409 g/mol. The molecule has 0 bridgehead atoms. The molecule has 0 saturated heterocycles. The molecule has 29 heavy (non-hydrogen) atoms. The Bertz CT molecular complexity index is 1000. The number of hydrogen-bond donors (Lipinski definition) is 1. The van der Waals surface area contributed by atoms with Crippen molar-refractivity contribution >= 4 is 22.7 Å². The van der Waals surface area contributed by atoms with E-state index in [1.54, 1.807) is 13.3 Å². The molecule has 0 unspecified atom stereocenters. The van der Waals surface area contributed by atoms with Crippen molar-refractivity contribution in [3.05, 3.63) is 58.0 Å². The SMILES string of the molecule is COc1ccc(/C=N\Nc2nc(-c3c(C)cc(C)cc3C)cs2)cc1OC(C)C. The number of nitrogens with zero attached hydrogens (tertiary/aromatic N) is 2. The lowest BCUT2D eigenvalue weighted by atomic mass is 9.98. The molecule has 152 valence electrons. The van der Waals surface area contributed by atoms with Gasteiger partial charge in [-0.25, -0.2) is 4.98 Å². The Morgan fingerprint density at radius 2 is 1.79 bits per heavy atom. The fourth-order valence-electron chi connectivity index (χ4n) is 3.31. The fraction of sp³-hybridized carbons (Fsp3) is 0.304. The van der Waals surface area contributed by atoms with E-state index in [2.05, 4.69) is 48.8 Å². The average molecular weight is 410 g/mol. The summed E-state index contributed by atoms with van der Waals surface area (Å²) in [6, 6.07) is 10.1. The molecule has 2 aromatic carbocycles. The van der Waals surface area contributed by atoms with E-state index in [9.17, 15) is 0 Å². The summed E-state index contributed by atoms with van der Waals surface area (Å²) in [7, 11) is 1.63. The second-order valence-corrected chi connectivity index (χ2v) is 8.12. The Hall–Kier alpha value is -2.86. The van der Waals surface area contributed by atoms with Crippen LogP contribution in [0.4, 0.5) is 5.13 Å². The number of thiazole rings is 1. The van der Waals surface area contributed by atoms with Crippen LogP contribution in [0.5, 0.6) is 11.5 Å². The highest BCUT2D eigenvalue weighted by atomic mass is 32.1. The van der Waals surface area contributed by atoms with Gasteiger partial charge in [-0.3, -0.25) is 5.43 Å². The second kappa shape index (κ2) is 9.09. The van der Waals surface area contributed by atoms with Gasteiger partial charge in [0.05, 0.1) is 25.1 Å². The molecule has 0 atom stereocenters. The minimum Gasteiger partial charge on any atom is -0.493 e. The van der Waals surface area contributed by atoms with E-state index in [4.69, 9.17) is 14.5 Å². The Labute approximate surface area is 176 Å². The van der Waals surface area contributed by atoms with Crippen LogP contribution in [0.25, 0.3) is 11.3 Å². The highest BCUT2D eigenvalue weighted by Gasteiger charge is 2.11. The van der Waals surface area contributed by atoms with E-state index in [0.717, 1.165) is 16.4 Å². The first-order chi connectivity index (χ1) is 13.9. The predicted molar refractivity (Wildman–Crippen MR) is 122 cm³/mol. The van der Waals surface area contributed by atoms with E-state index >= 15 is 0 Å². The van der Waals surface area contributed by atoms with E-state index in [0.29, 0.717) is 11.5 Å².